The number of anilines is 1. The van der Waals surface area contributed by atoms with Crippen LogP contribution in [0, 0.1) is 0 Å². The molecule has 0 aromatic heterocycles. The summed E-state index contributed by atoms with van der Waals surface area (Å²) in [5.74, 6) is 0.145. The molecule has 1 aliphatic heterocycles. The van der Waals surface area contributed by atoms with Crippen LogP contribution in [0.2, 0.25) is 0 Å². The van der Waals surface area contributed by atoms with Crippen LogP contribution in [-0.2, 0) is 0 Å². The number of benzene rings is 2. The molecule has 0 saturated heterocycles. The molecule has 0 amide bonds. The monoisotopic (exact) mass is 444 g/mol. The van der Waals surface area contributed by atoms with Gasteiger partial charge in [0.15, 0.2) is 17.7 Å². The molecule has 2 aromatic carbocycles. The highest BCUT2D eigenvalue weighted by Gasteiger charge is 2.38. The molecule has 1 atom stereocenters. The second kappa shape index (κ2) is 7.45. The Bertz CT molecular complexity index is 1270. The minimum atomic E-state index is -0.415. The molecular weight excluding hydrogens is 424 g/mol. The Morgan fingerprint density at radius 3 is 2.44 bits per heavy atom. The third-order valence-electron chi connectivity index (χ3n) is 6.61. The number of halogens is 1. The number of hydrogen-bond donors (Lipinski definition) is 1. The van der Waals surface area contributed by atoms with Crippen LogP contribution in [0.25, 0.3) is 0 Å². The first-order valence-electron chi connectivity index (χ1n) is 11.1. The molecule has 1 unspecified atom stereocenters. The number of hydrogen-bond acceptors (Lipinski definition) is 5. The lowest BCUT2D eigenvalue weighted by molar-refractivity contribution is 0.0979. The predicted molar refractivity (Wildman–Crippen MR) is 125 cm³/mol. The average molecular weight is 445 g/mol. The van der Waals surface area contributed by atoms with E-state index in [0.717, 1.165) is 25.7 Å². The smallest absolute Gasteiger partial charge is 0.196 e. The first kappa shape index (κ1) is 19.5. The van der Waals surface area contributed by atoms with Gasteiger partial charge in [-0.2, -0.15) is 0 Å². The fraction of sp³-hybridized carbons (Fsp3) is 0.269. The maximum atomic E-state index is 13.6. The summed E-state index contributed by atoms with van der Waals surface area (Å²) in [6.07, 6.45) is 10.5. The number of nitrogens with one attached hydrogen (secondary N) is 1. The maximum absolute atomic E-state index is 13.6. The zero-order valence-corrected chi connectivity index (χ0v) is 18.1. The molecule has 0 spiro atoms. The molecule has 6 rings (SSSR count). The largest absolute Gasteiger partial charge is 0.478 e. The molecule has 6 heteroatoms. The Morgan fingerprint density at radius 2 is 1.69 bits per heavy atom. The first-order valence-corrected chi connectivity index (χ1v) is 11.4. The number of ketones is 2. The molecule has 1 N–H and O–H groups in total. The van der Waals surface area contributed by atoms with Crippen molar-refractivity contribution < 1.29 is 14.3 Å². The summed E-state index contributed by atoms with van der Waals surface area (Å²) in [6.45, 7) is 0. The highest BCUT2D eigenvalue weighted by atomic mass is 35.5. The highest BCUT2D eigenvalue weighted by Crippen LogP contribution is 2.46. The Balaban J connectivity index is 1.56. The molecule has 0 radical (unpaired) electrons. The molecule has 160 valence electrons. The summed E-state index contributed by atoms with van der Waals surface area (Å²) < 4.78 is 6.23. The Hall–Kier alpha value is -3.18. The van der Waals surface area contributed by atoms with Crippen LogP contribution in [0.15, 0.2) is 58.6 Å². The number of carbonyl (C=O) groups is 2. The summed E-state index contributed by atoms with van der Waals surface area (Å²) in [5.41, 5.74) is 3.30. The number of carbonyl (C=O) groups excluding carboxylic acids is 2. The fourth-order valence-electron chi connectivity index (χ4n) is 5.04. The normalized spacial score (nSPS) is 21.5. The second-order valence-corrected chi connectivity index (χ2v) is 9.10. The van der Waals surface area contributed by atoms with Crippen molar-refractivity contribution >= 4 is 40.3 Å². The second-order valence-electron chi connectivity index (χ2n) is 8.66. The zero-order valence-electron chi connectivity index (χ0n) is 17.4. The van der Waals surface area contributed by atoms with Crippen molar-refractivity contribution in [1.29, 1.82) is 0 Å². The molecule has 3 aliphatic carbocycles. The molecule has 2 aromatic rings. The number of allylic oxidation sites excluding steroid dienone is 2. The third kappa shape index (κ3) is 3.03. The van der Waals surface area contributed by atoms with Crippen molar-refractivity contribution in [2.45, 2.75) is 44.2 Å². The molecule has 1 heterocycles. The molecule has 1 saturated carbocycles. The summed E-state index contributed by atoms with van der Waals surface area (Å²) in [4.78, 5) is 32.0. The van der Waals surface area contributed by atoms with Crippen LogP contribution in [0.1, 0.15) is 63.9 Å². The van der Waals surface area contributed by atoms with Gasteiger partial charge in [0, 0.05) is 28.3 Å². The van der Waals surface area contributed by atoms with Gasteiger partial charge in [0.25, 0.3) is 0 Å². The Kier molecular flexibility index (Phi) is 4.54. The van der Waals surface area contributed by atoms with E-state index in [1.165, 1.54) is 6.42 Å². The lowest BCUT2D eigenvalue weighted by Crippen LogP contribution is -2.31. The minimum absolute atomic E-state index is 0.152. The van der Waals surface area contributed by atoms with Crippen molar-refractivity contribution in [3.05, 3.63) is 75.8 Å². The molecule has 1 fully saturated rings. The molecular formula is C26H21ClN2O3. The van der Waals surface area contributed by atoms with E-state index in [2.05, 4.69) is 5.32 Å². The van der Waals surface area contributed by atoms with Gasteiger partial charge < -0.3 is 10.1 Å². The van der Waals surface area contributed by atoms with Crippen molar-refractivity contribution in [1.82, 2.24) is 0 Å². The van der Waals surface area contributed by atoms with E-state index in [-0.39, 0.29) is 17.6 Å². The van der Waals surface area contributed by atoms with Crippen LogP contribution in [0.4, 0.5) is 11.4 Å². The van der Waals surface area contributed by atoms with Gasteiger partial charge in [-0.05, 0) is 31.1 Å². The van der Waals surface area contributed by atoms with E-state index in [0.29, 0.717) is 50.1 Å². The summed E-state index contributed by atoms with van der Waals surface area (Å²) >= 11 is 6.17. The van der Waals surface area contributed by atoms with Gasteiger partial charge in [-0.3, -0.25) is 9.59 Å². The van der Waals surface area contributed by atoms with Crippen LogP contribution in [0.5, 0.6) is 5.75 Å². The molecule has 0 bridgehead atoms. The van der Waals surface area contributed by atoms with Gasteiger partial charge in [-0.15, -0.1) is 0 Å². The number of ether oxygens (including phenoxy) is 1. The number of fused-ring (bicyclic) bond motifs is 5. The fourth-order valence-corrected chi connectivity index (χ4v) is 5.22. The van der Waals surface area contributed by atoms with Gasteiger partial charge >= 0.3 is 0 Å². The van der Waals surface area contributed by atoms with E-state index < -0.39 is 6.10 Å². The summed E-state index contributed by atoms with van der Waals surface area (Å²) in [5, 5.41) is 4.14. The van der Waals surface area contributed by atoms with Crippen molar-refractivity contribution in [3.63, 3.8) is 0 Å². The maximum Gasteiger partial charge on any atom is 0.196 e. The van der Waals surface area contributed by atoms with Crippen LogP contribution in [0.3, 0.4) is 0 Å². The topological polar surface area (TPSA) is 67.8 Å². The Labute approximate surface area is 190 Å². The van der Waals surface area contributed by atoms with Gasteiger partial charge in [0.2, 0.25) is 0 Å². The SMILES string of the molecule is O=C1c2ccccc2C(=O)c2c3c(cc(NC4CCCCC4)c21)OC1C=C(Cl)C=CC1=N3. The minimum Gasteiger partial charge on any atom is -0.478 e. The van der Waals surface area contributed by atoms with Crippen molar-refractivity contribution in [2.24, 2.45) is 4.99 Å². The van der Waals surface area contributed by atoms with E-state index in [1.54, 1.807) is 42.5 Å². The van der Waals surface area contributed by atoms with Crippen molar-refractivity contribution in [3.8, 4) is 5.75 Å². The third-order valence-corrected chi connectivity index (χ3v) is 6.86. The van der Waals surface area contributed by atoms with Crippen LogP contribution >= 0.6 is 11.6 Å². The predicted octanol–water partition coefficient (Wildman–Crippen LogP) is 5.73. The average Bonchev–Trinajstić information content (AvgIpc) is 2.81. The number of rotatable bonds is 2. The van der Waals surface area contributed by atoms with E-state index in [1.807, 2.05) is 6.07 Å². The van der Waals surface area contributed by atoms with Gasteiger partial charge in [0.1, 0.15) is 11.4 Å². The van der Waals surface area contributed by atoms with E-state index in [9.17, 15) is 9.59 Å². The standard InChI is InChI=1S/C26H21ClN2O3/c27-14-10-11-18-20(12-14)32-21-13-19(28-15-6-2-1-3-7-15)22-23(24(21)29-18)26(31)17-9-5-4-8-16(17)25(22)30/h4-5,8-13,15,20,28H,1-3,6-7H2. The number of nitrogens with zero attached hydrogens (tertiary/aromatic N) is 1. The first-order chi connectivity index (χ1) is 15.6. The lowest BCUT2D eigenvalue weighted by atomic mass is 9.81. The zero-order chi connectivity index (χ0) is 21.8. The summed E-state index contributed by atoms with van der Waals surface area (Å²) in [7, 11) is 0. The van der Waals surface area contributed by atoms with E-state index >= 15 is 0 Å². The van der Waals surface area contributed by atoms with Crippen LogP contribution in [-0.4, -0.2) is 29.4 Å². The molecule has 5 nitrogen and oxygen atoms in total. The number of aliphatic imine (C=N–C) groups is 1. The lowest BCUT2D eigenvalue weighted by Gasteiger charge is -2.31. The molecule has 32 heavy (non-hydrogen) atoms. The van der Waals surface area contributed by atoms with Crippen LogP contribution < -0.4 is 10.1 Å². The quantitative estimate of drug-likeness (QED) is 0.547. The Morgan fingerprint density at radius 1 is 0.969 bits per heavy atom. The highest BCUT2D eigenvalue weighted by molar-refractivity contribution is 6.33. The van der Waals surface area contributed by atoms with Gasteiger partial charge in [-0.1, -0.05) is 55.1 Å². The van der Waals surface area contributed by atoms with Gasteiger partial charge in [0.05, 0.1) is 22.5 Å². The van der Waals surface area contributed by atoms with Gasteiger partial charge in [-0.25, -0.2) is 4.99 Å². The molecule has 4 aliphatic rings. The van der Waals surface area contributed by atoms with E-state index in [4.69, 9.17) is 21.3 Å². The summed E-state index contributed by atoms with van der Waals surface area (Å²) in [6, 6.07) is 9.09. The van der Waals surface area contributed by atoms with Crippen molar-refractivity contribution in [2.75, 3.05) is 5.32 Å².